The summed E-state index contributed by atoms with van der Waals surface area (Å²) in [6.45, 7) is 3.39. The van der Waals surface area contributed by atoms with Gasteiger partial charge in [-0.1, -0.05) is 12.1 Å². The monoisotopic (exact) mass is 330 g/mol. The van der Waals surface area contributed by atoms with E-state index in [9.17, 15) is 4.79 Å². The minimum absolute atomic E-state index is 0.0491. The first-order chi connectivity index (χ1) is 11.8. The molecule has 0 aromatic carbocycles. The number of likely N-dealkylation sites (tertiary alicyclic amines) is 1. The number of amides is 1. The number of rotatable bonds is 7. The third-order valence-corrected chi connectivity index (χ3v) is 4.07. The predicted octanol–water partition coefficient (Wildman–Crippen LogP) is 1.98. The average molecular weight is 330 g/mol. The van der Waals surface area contributed by atoms with Crippen LogP contribution in [0.25, 0.3) is 0 Å². The number of hydrogen-bond donors (Lipinski definition) is 1. The summed E-state index contributed by atoms with van der Waals surface area (Å²) in [5.41, 5.74) is 0. The van der Waals surface area contributed by atoms with Crippen LogP contribution in [0, 0.1) is 0 Å². The summed E-state index contributed by atoms with van der Waals surface area (Å²) < 4.78 is 5.18. The Kier molecular flexibility index (Phi) is 5.35. The zero-order valence-electron chi connectivity index (χ0n) is 13.8. The molecule has 3 rings (SSSR count). The van der Waals surface area contributed by atoms with Gasteiger partial charge in [0.25, 0.3) is 0 Å². The van der Waals surface area contributed by atoms with Gasteiger partial charge in [-0.2, -0.15) is 4.98 Å². The summed E-state index contributed by atoms with van der Waals surface area (Å²) in [4.78, 5) is 26.9. The Bertz CT molecular complexity index is 660. The summed E-state index contributed by atoms with van der Waals surface area (Å²) in [6, 6.07) is 1.72. The Hall–Kier alpha value is -2.51. The van der Waals surface area contributed by atoms with Crippen molar-refractivity contribution < 1.29 is 9.32 Å². The fourth-order valence-electron chi connectivity index (χ4n) is 2.85. The molecule has 0 radical (unpaired) electrons. The van der Waals surface area contributed by atoms with E-state index in [1.54, 1.807) is 18.5 Å². The summed E-state index contributed by atoms with van der Waals surface area (Å²) in [5.74, 6) is 1.98. The minimum atomic E-state index is -0.0491. The van der Waals surface area contributed by atoms with Crippen LogP contribution >= 0.6 is 0 Å². The van der Waals surface area contributed by atoms with Crippen LogP contribution in [0.3, 0.4) is 0 Å². The largest absolute Gasteiger partial charge is 0.354 e. The highest BCUT2D eigenvalue weighted by atomic mass is 16.5. The SMILES string of the molecule is CCc1nc([C@@H]2CCCN2C(=O)CCCNc2ncccn2)no1. The van der Waals surface area contributed by atoms with Crippen molar-refractivity contribution in [3.8, 4) is 0 Å². The van der Waals surface area contributed by atoms with Crippen LogP contribution in [0.5, 0.6) is 0 Å². The molecule has 2 aromatic rings. The quantitative estimate of drug-likeness (QED) is 0.775. The molecule has 24 heavy (non-hydrogen) atoms. The van der Waals surface area contributed by atoms with E-state index in [0.717, 1.165) is 25.8 Å². The molecule has 0 unspecified atom stereocenters. The molecule has 0 aliphatic carbocycles. The molecule has 1 amide bonds. The van der Waals surface area contributed by atoms with Gasteiger partial charge < -0.3 is 14.7 Å². The summed E-state index contributed by atoms with van der Waals surface area (Å²) in [6.07, 6.45) is 7.16. The first kappa shape index (κ1) is 16.4. The molecular weight excluding hydrogens is 308 g/mol. The minimum Gasteiger partial charge on any atom is -0.354 e. The molecular formula is C16H22N6O2. The molecule has 1 aliphatic rings. The Morgan fingerprint density at radius 1 is 1.42 bits per heavy atom. The van der Waals surface area contributed by atoms with Gasteiger partial charge in [0.15, 0.2) is 5.82 Å². The summed E-state index contributed by atoms with van der Waals surface area (Å²) >= 11 is 0. The third kappa shape index (κ3) is 3.87. The van der Waals surface area contributed by atoms with Crippen molar-refractivity contribution in [3.63, 3.8) is 0 Å². The summed E-state index contributed by atoms with van der Waals surface area (Å²) in [7, 11) is 0. The van der Waals surface area contributed by atoms with Gasteiger partial charge in [-0.05, 0) is 25.3 Å². The molecule has 1 fully saturated rings. The number of hydrogen-bond acceptors (Lipinski definition) is 7. The molecule has 8 heteroatoms. The number of carbonyl (C=O) groups is 1. The maximum atomic E-state index is 12.5. The number of carbonyl (C=O) groups excluding carboxylic acids is 1. The number of aryl methyl sites for hydroxylation is 1. The van der Waals surface area contributed by atoms with E-state index in [1.165, 1.54) is 0 Å². The van der Waals surface area contributed by atoms with Crippen molar-refractivity contribution in [1.82, 2.24) is 25.0 Å². The molecule has 0 bridgehead atoms. The van der Waals surface area contributed by atoms with E-state index in [1.807, 2.05) is 11.8 Å². The second-order valence-electron chi connectivity index (χ2n) is 5.75. The molecule has 1 saturated heterocycles. The van der Waals surface area contributed by atoms with Gasteiger partial charge in [0.2, 0.25) is 17.7 Å². The highest BCUT2D eigenvalue weighted by molar-refractivity contribution is 5.76. The fourth-order valence-corrected chi connectivity index (χ4v) is 2.85. The predicted molar refractivity (Wildman–Crippen MR) is 87.1 cm³/mol. The fraction of sp³-hybridized carbons (Fsp3) is 0.562. The van der Waals surface area contributed by atoms with Crippen molar-refractivity contribution in [2.24, 2.45) is 0 Å². The Morgan fingerprint density at radius 2 is 2.25 bits per heavy atom. The Morgan fingerprint density at radius 3 is 3.00 bits per heavy atom. The Balaban J connectivity index is 1.48. The van der Waals surface area contributed by atoms with Crippen LogP contribution in [-0.2, 0) is 11.2 Å². The van der Waals surface area contributed by atoms with E-state index in [4.69, 9.17) is 4.52 Å². The zero-order chi connectivity index (χ0) is 16.8. The first-order valence-electron chi connectivity index (χ1n) is 8.40. The van der Waals surface area contributed by atoms with Gasteiger partial charge in [0.05, 0.1) is 6.04 Å². The molecule has 2 aromatic heterocycles. The van der Waals surface area contributed by atoms with E-state index < -0.39 is 0 Å². The molecule has 1 atom stereocenters. The van der Waals surface area contributed by atoms with Gasteiger partial charge in [-0.3, -0.25) is 4.79 Å². The molecule has 1 aliphatic heterocycles. The van der Waals surface area contributed by atoms with Crippen LogP contribution in [0.2, 0.25) is 0 Å². The van der Waals surface area contributed by atoms with Gasteiger partial charge in [-0.25, -0.2) is 9.97 Å². The van der Waals surface area contributed by atoms with E-state index in [2.05, 4.69) is 25.4 Å². The number of nitrogens with one attached hydrogen (secondary N) is 1. The third-order valence-electron chi connectivity index (χ3n) is 4.07. The maximum Gasteiger partial charge on any atom is 0.226 e. The highest BCUT2D eigenvalue weighted by Gasteiger charge is 2.32. The van der Waals surface area contributed by atoms with E-state index >= 15 is 0 Å². The maximum absolute atomic E-state index is 12.5. The van der Waals surface area contributed by atoms with E-state index in [-0.39, 0.29) is 11.9 Å². The van der Waals surface area contributed by atoms with Crippen LogP contribution in [0.15, 0.2) is 23.0 Å². The lowest BCUT2D eigenvalue weighted by Crippen LogP contribution is -2.31. The number of anilines is 1. The summed E-state index contributed by atoms with van der Waals surface area (Å²) in [5, 5.41) is 7.14. The average Bonchev–Trinajstić information content (AvgIpc) is 3.28. The van der Waals surface area contributed by atoms with Gasteiger partial charge in [-0.15, -0.1) is 0 Å². The highest BCUT2D eigenvalue weighted by Crippen LogP contribution is 2.30. The van der Waals surface area contributed by atoms with Crippen LogP contribution in [0.4, 0.5) is 5.95 Å². The Labute approximate surface area is 140 Å². The van der Waals surface area contributed by atoms with Gasteiger partial charge in [0, 0.05) is 38.3 Å². The van der Waals surface area contributed by atoms with Crippen molar-refractivity contribution in [3.05, 3.63) is 30.2 Å². The second-order valence-corrected chi connectivity index (χ2v) is 5.75. The topological polar surface area (TPSA) is 97.0 Å². The zero-order valence-corrected chi connectivity index (χ0v) is 13.8. The molecule has 3 heterocycles. The van der Waals surface area contributed by atoms with Gasteiger partial charge >= 0.3 is 0 Å². The lowest BCUT2D eigenvalue weighted by molar-refractivity contribution is -0.132. The standard InChI is InChI=1S/C16H22N6O2/c1-2-13-20-15(21-24-13)12-6-4-11-22(12)14(23)7-3-8-17-16-18-9-5-10-19-16/h5,9-10,12H,2-4,6-8,11H2,1H3,(H,17,18,19)/t12-/m0/s1. The molecule has 8 nitrogen and oxygen atoms in total. The van der Waals surface area contributed by atoms with Crippen molar-refractivity contribution in [1.29, 1.82) is 0 Å². The molecule has 0 spiro atoms. The number of aromatic nitrogens is 4. The van der Waals surface area contributed by atoms with E-state index in [0.29, 0.717) is 37.0 Å². The van der Waals surface area contributed by atoms with Gasteiger partial charge in [0.1, 0.15) is 0 Å². The van der Waals surface area contributed by atoms with Crippen LogP contribution in [-0.4, -0.2) is 44.0 Å². The number of nitrogens with zero attached hydrogens (tertiary/aromatic N) is 5. The molecule has 1 N–H and O–H groups in total. The second kappa shape index (κ2) is 7.85. The van der Waals surface area contributed by atoms with Crippen LogP contribution in [0.1, 0.15) is 50.4 Å². The first-order valence-corrected chi connectivity index (χ1v) is 8.40. The van der Waals surface area contributed by atoms with Crippen molar-refractivity contribution in [2.75, 3.05) is 18.4 Å². The van der Waals surface area contributed by atoms with Crippen molar-refractivity contribution >= 4 is 11.9 Å². The molecule has 0 saturated carbocycles. The van der Waals surface area contributed by atoms with Crippen LogP contribution < -0.4 is 5.32 Å². The lowest BCUT2D eigenvalue weighted by Gasteiger charge is -2.22. The normalized spacial score (nSPS) is 17.2. The lowest BCUT2D eigenvalue weighted by atomic mass is 10.2. The van der Waals surface area contributed by atoms with Crippen molar-refractivity contribution in [2.45, 2.75) is 45.1 Å². The molecule has 128 valence electrons. The smallest absolute Gasteiger partial charge is 0.226 e.